The molecule has 0 N–H and O–H groups in total. The molecule has 1 fully saturated rings. The van der Waals surface area contributed by atoms with E-state index in [9.17, 15) is 35.5 Å². The Morgan fingerprint density at radius 3 is 2.10 bits per heavy atom. The third-order valence-corrected chi connectivity index (χ3v) is 5.17. The molecule has 0 aromatic heterocycles. The van der Waals surface area contributed by atoms with Crippen molar-refractivity contribution in [2.24, 2.45) is 11.3 Å². The Morgan fingerprint density at radius 2 is 1.66 bits per heavy atom. The van der Waals surface area contributed by atoms with Crippen molar-refractivity contribution in [3.05, 3.63) is 48.0 Å². The van der Waals surface area contributed by atoms with E-state index in [4.69, 9.17) is 4.84 Å². The van der Waals surface area contributed by atoms with E-state index >= 15 is 0 Å². The summed E-state index contributed by atoms with van der Waals surface area (Å²) in [6.45, 7) is 5.33. The number of carbonyl (C=O) groups is 1. The summed E-state index contributed by atoms with van der Waals surface area (Å²) in [7, 11) is 0. The second kappa shape index (κ2) is 7.62. The lowest BCUT2D eigenvalue weighted by atomic mass is 9.69. The predicted octanol–water partition coefficient (Wildman–Crippen LogP) is 5.38. The second-order valence-corrected chi connectivity index (χ2v) is 7.42. The molecule has 0 bridgehead atoms. The number of halogens is 7. The van der Waals surface area contributed by atoms with Crippen molar-refractivity contribution in [1.82, 2.24) is 5.06 Å². The van der Waals surface area contributed by atoms with Crippen LogP contribution in [-0.2, 0) is 16.2 Å². The summed E-state index contributed by atoms with van der Waals surface area (Å²) in [6, 6.07) is 8.43. The molecule has 1 unspecified atom stereocenters. The molecule has 2 atom stereocenters. The van der Waals surface area contributed by atoms with Crippen LogP contribution in [0.2, 0.25) is 0 Å². The molecule has 1 aliphatic rings. The lowest BCUT2D eigenvalue weighted by Gasteiger charge is -2.38. The van der Waals surface area contributed by atoms with Gasteiger partial charge in [-0.1, -0.05) is 42.5 Å². The number of hydrogen-bond donors (Lipinski definition) is 0. The number of alkyl halides is 7. The van der Waals surface area contributed by atoms with Crippen LogP contribution in [0.25, 0.3) is 0 Å². The van der Waals surface area contributed by atoms with Gasteiger partial charge in [0.1, 0.15) is 6.61 Å². The zero-order valence-corrected chi connectivity index (χ0v) is 15.7. The summed E-state index contributed by atoms with van der Waals surface area (Å²) in [6.07, 6.45) is -14.6. The van der Waals surface area contributed by atoms with Crippen molar-refractivity contribution >= 4 is 5.91 Å². The van der Waals surface area contributed by atoms with Crippen LogP contribution >= 0.6 is 0 Å². The number of benzene rings is 1. The van der Waals surface area contributed by atoms with Crippen LogP contribution < -0.4 is 0 Å². The molecular formula is C19H20F7NO2. The van der Waals surface area contributed by atoms with Crippen LogP contribution in [0.1, 0.15) is 25.8 Å². The molecule has 0 radical (unpaired) electrons. The SMILES string of the molecule is C=C(C)C1CN(OCc2ccccc2)C(=O)[C@@]1(C)CC(F)(C(F)(F)F)C(F)(F)F. The average Bonchev–Trinajstić information content (AvgIpc) is 2.83. The Kier molecular flexibility index (Phi) is 6.09. The van der Waals surface area contributed by atoms with Gasteiger partial charge < -0.3 is 0 Å². The summed E-state index contributed by atoms with van der Waals surface area (Å²) >= 11 is 0. The van der Waals surface area contributed by atoms with Crippen molar-refractivity contribution < 1.29 is 40.4 Å². The standard InChI is InChI=1S/C19H20F7NO2/c1-12(2)14-9-27(29-10-13-7-5-4-6-8-13)15(28)16(14,3)11-17(20,18(21,22)23)19(24,25)26/h4-8,14H,1,9-11H2,2-3H3/t14?,16-/m0/s1. The minimum absolute atomic E-state index is 0.134. The van der Waals surface area contributed by atoms with Gasteiger partial charge in [0.15, 0.2) is 0 Å². The third kappa shape index (κ3) is 4.26. The number of carbonyl (C=O) groups excluding carboxylic acids is 1. The van der Waals surface area contributed by atoms with E-state index < -0.39 is 41.7 Å². The molecule has 3 nitrogen and oxygen atoms in total. The van der Waals surface area contributed by atoms with Crippen molar-refractivity contribution in [2.75, 3.05) is 6.54 Å². The highest BCUT2D eigenvalue weighted by Crippen LogP contribution is 2.56. The van der Waals surface area contributed by atoms with E-state index in [-0.39, 0.29) is 18.7 Å². The first-order chi connectivity index (χ1) is 13.1. The molecule has 2 rings (SSSR count). The summed E-state index contributed by atoms with van der Waals surface area (Å²) in [5.41, 5.74) is -7.11. The summed E-state index contributed by atoms with van der Waals surface area (Å²) < 4.78 is 92.8. The summed E-state index contributed by atoms with van der Waals surface area (Å²) in [5.74, 6) is -2.32. The third-order valence-electron chi connectivity index (χ3n) is 5.17. The Morgan fingerprint density at radius 1 is 1.14 bits per heavy atom. The van der Waals surface area contributed by atoms with Crippen LogP contribution in [0.4, 0.5) is 30.7 Å². The Hall–Kier alpha value is -2.10. The van der Waals surface area contributed by atoms with Crippen molar-refractivity contribution in [2.45, 2.75) is 44.9 Å². The van der Waals surface area contributed by atoms with Gasteiger partial charge in [-0.3, -0.25) is 9.63 Å². The fraction of sp³-hybridized carbons (Fsp3) is 0.526. The van der Waals surface area contributed by atoms with Crippen molar-refractivity contribution in [1.29, 1.82) is 0 Å². The maximum Gasteiger partial charge on any atom is 0.431 e. The number of rotatable bonds is 6. The minimum Gasteiger partial charge on any atom is -0.272 e. The van der Waals surface area contributed by atoms with E-state index in [0.717, 1.165) is 6.92 Å². The molecule has 0 spiro atoms. The van der Waals surface area contributed by atoms with Crippen LogP contribution in [-0.4, -0.2) is 35.5 Å². The van der Waals surface area contributed by atoms with E-state index in [1.807, 2.05) is 0 Å². The summed E-state index contributed by atoms with van der Waals surface area (Å²) in [4.78, 5) is 18.1. The van der Waals surface area contributed by atoms with Gasteiger partial charge in [0.25, 0.3) is 11.6 Å². The van der Waals surface area contributed by atoms with Gasteiger partial charge in [-0.25, -0.2) is 9.45 Å². The van der Waals surface area contributed by atoms with E-state index in [2.05, 4.69) is 6.58 Å². The predicted molar refractivity (Wildman–Crippen MR) is 89.9 cm³/mol. The van der Waals surface area contributed by atoms with Crippen LogP contribution in [0, 0.1) is 11.3 Å². The number of amides is 1. The molecule has 1 aliphatic heterocycles. The van der Waals surface area contributed by atoms with Crippen LogP contribution in [0.15, 0.2) is 42.5 Å². The van der Waals surface area contributed by atoms with Gasteiger partial charge in [0.2, 0.25) is 0 Å². The quantitative estimate of drug-likeness (QED) is 0.451. The minimum atomic E-state index is -6.24. The molecule has 1 aromatic rings. The second-order valence-electron chi connectivity index (χ2n) is 7.42. The van der Waals surface area contributed by atoms with Crippen molar-refractivity contribution in [3.63, 3.8) is 0 Å². The lowest BCUT2D eigenvalue weighted by Crippen LogP contribution is -2.57. The van der Waals surface area contributed by atoms with E-state index in [1.54, 1.807) is 30.3 Å². The largest absolute Gasteiger partial charge is 0.431 e. The Balaban J connectivity index is 2.34. The molecule has 0 aliphatic carbocycles. The van der Waals surface area contributed by atoms with E-state index in [0.29, 0.717) is 10.6 Å². The monoisotopic (exact) mass is 427 g/mol. The molecule has 0 saturated carbocycles. The van der Waals surface area contributed by atoms with Crippen LogP contribution in [0.5, 0.6) is 0 Å². The Bertz CT molecular complexity index is 746. The normalized spacial score (nSPS) is 23.6. The molecular weight excluding hydrogens is 407 g/mol. The molecule has 1 aromatic carbocycles. The van der Waals surface area contributed by atoms with Gasteiger partial charge in [-0.15, -0.1) is 0 Å². The number of hydroxylamine groups is 2. The highest BCUT2D eigenvalue weighted by molar-refractivity contribution is 5.85. The van der Waals surface area contributed by atoms with Gasteiger partial charge in [0.05, 0.1) is 12.0 Å². The smallest absolute Gasteiger partial charge is 0.272 e. The summed E-state index contributed by atoms with van der Waals surface area (Å²) in [5, 5.41) is 0.694. The van der Waals surface area contributed by atoms with Gasteiger partial charge in [0, 0.05) is 12.3 Å². The lowest BCUT2D eigenvalue weighted by molar-refractivity contribution is -0.348. The maximum absolute atomic E-state index is 14.4. The molecule has 1 saturated heterocycles. The van der Waals surface area contributed by atoms with Gasteiger partial charge >= 0.3 is 12.4 Å². The fourth-order valence-corrected chi connectivity index (χ4v) is 3.49. The zero-order valence-electron chi connectivity index (χ0n) is 15.7. The molecule has 1 amide bonds. The first kappa shape index (κ1) is 23.2. The topological polar surface area (TPSA) is 29.5 Å². The Labute approximate surface area is 163 Å². The van der Waals surface area contributed by atoms with Gasteiger partial charge in [-0.05, 0) is 19.4 Å². The molecule has 10 heteroatoms. The highest BCUT2D eigenvalue weighted by Gasteiger charge is 2.75. The van der Waals surface area contributed by atoms with Gasteiger partial charge in [-0.2, -0.15) is 26.3 Å². The molecule has 162 valence electrons. The average molecular weight is 427 g/mol. The van der Waals surface area contributed by atoms with Crippen LogP contribution in [0.3, 0.4) is 0 Å². The fourth-order valence-electron chi connectivity index (χ4n) is 3.49. The number of hydrogen-bond acceptors (Lipinski definition) is 2. The van der Waals surface area contributed by atoms with Crippen molar-refractivity contribution in [3.8, 4) is 0 Å². The first-order valence-corrected chi connectivity index (χ1v) is 8.60. The maximum atomic E-state index is 14.4. The number of nitrogens with zero attached hydrogens (tertiary/aromatic N) is 1. The highest BCUT2D eigenvalue weighted by atomic mass is 19.4. The molecule has 1 heterocycles. The zero-order chi connectivity index (χ0) is 22.3. The molecule has 29 heavy (non-hydrogen) atoms. The first-order valence-electron chi connectivity index (χ1n) is 8.60. The van der Waals surface area contributed by atoms with E-state index in [1.165, 1.54) is 6.92 Å².